The summed E-state index contributed by atoms with van der Waals surface area (Å²) in [5.74, 6) is 1.30. The Labute approximate surface area is 135 Å². The Balaban J connectivity index is 1.87. The molecule has 1 nitrogen and oxygen atoms in total. The van der Waals surface area contributed by atoms with Crippen LogP contribution < -0.4 is 4.90 Å². The number of benzene rings is 2. The minimum Gasteiger partial charge on any atom is -0.345 e. The van der Waals surface area contributed by atoms with Crippen molar-refractivity contribution in [2.75, 3.05) is 11.9 Å². The second kappa shape index (κ2) is 6.16. The van der Waals surface area contributed by atoms with E-state index < -0.39 is 0 Å². The summed E-state index contributed by atoms with van der Waals surface area (Å²) in [6.45, 7) is 6.83. The summed E-state index contributed by atoms with van der Waals surface area (Å²) in [7, 11) is 2.17. The van der Waals surface area contributed by atoms with Crippen molar-refractivity contribution in [2.24, 2.45) is 0 Å². The fourth-order valence-corrected chi connectivity index (χ4v) is 3.48. The first kappa shape index (κ1) is 15.1. The van der Waals surface area contributed by atoms with Gasteiger partial charge in [-0.25, -0.2) is 0 Å². The molecule has 0 aliphatic heterocycles. The van der Waals surface area contributed by atoms with Crippen molar-refractivity contribution in [3.05, 3.63) is 59.2 Å². The molecule has 2 aromatic carbocycles. The molecule has 116 valence electrons. The fraction of sp³-hybridized carbons (Fsp3) is 0.429. The summed E-state index contributed by atoms with van der Waals surface area (Å²) < 4.78 is 0. The van der Waals surface area contributed by atoms with Crippen LogP contribution in [-0.2, 0) is 6.42 Å². The second-order valence-corrected chi connectivity index (χ2v) is 6.98. The number of aryl methyl sites for hydroxylation is 1. The molecule has 1 aliphatic carbocycles. The van der Waals surface area contributed by atoms with Crippen molar-refractivity contribution in [2.45, 2.75) is 51.9 Å². The van der Waals surface area contributed by atoms with E-state index in [0.29, 0.717) is 11.8 Å². The van der Waals surface area contributed by atoms with Gasteiger partial charge in [0.05, 0.1) is 0 Å². The third-order valence-electron chi connectivity index (χ3n) is 5.08. The van der Waals surface area contributed by atoms with E-state index in [4.69, 9.17) is 0 Å². The zero-order chi connectivity index (χ0) is 15.7. The zero-order valence-corrected chi connectivity index (χ0v) is 14.3. The van der Waals surface area contributed by atoms with E-state index in [0.717, 1.165) is 0 Å². The van der Waals surface area contributed by atoms with Gasteiger partial charge in [-0.1, -0.05) is 39.0 Å². The molecule has 0 heterocycles. The molecule has 0 radical (unpaired) electrons. The molecule has 3 rings (SSSR count). The van der Waals surface area contributed by atoms with Crippen LogP contribution in [-0.4, -0.2) is 7.05 Å². The van der Waals surface area contributed by atoms with Crippen molar-refractivity contribution in [3.63, 3.8) is 0 Å². The summed E-state index contributed by atoms with van der Waals surface area (Å²) >= 11 is 0. The first-order valence-electron chi connectivity index (χ1n) is 8.53. The molecule has 22 heavy (non-hydrogen) atoms. The summed E-state index contributed by atoms with van der Waals surface area (Å²) in [5, 5.41) is 0. The van der Waals surface area contributed by atoms with Gasteiger partial charge < -0.3 is 4.90 Å². The Morgan fingerprint density at radius 3 is 2.36 bits per heavy atom. The molecule has 0 spiro atoms. The molecule has 2 aromatic rings. The lowest BCUT2D eigenvalue weighted by Crippen LogP contribution is -2.12. The molecule has 1 heteroatoms. The smallest absolute Gasteiger partial charge is 0.0411 e. The van der Waals surface area contributed by atoms with Crippen LogP contribution in [0.2, 0.25) is 0 Å². The van der Waals surface area contributed by atoms with Gasteiger partial charge in [0.15, 0.2) is 0 Å². The van der Waals surface area contributed by atoms with Crippen molar-refractivity contribution in [1.82, 2.24) is 0 Å². The van der Waals surface area contributed by atoms with Gasteiger partial charge in [-0.2, -0.15) is 0 Å². The zero-order valence-electron chi connectivity index (χ0n) is 14.3. The summed E-state index contributed by atoms with van der Waals surface area (Å²) in [5.41, 5.74) is 7.05. The average molecular weight is 293 g/mol. The van der Waals surface area contributed by atoms with Crippen LogP contribution in [0.1, 0.15) is 62.1 Å². The number of fused-ring (bicyclic) bond motifs is 1. The molecule has 1 aliphatic rings. The SMILES string of the molecule is CC(C)c1ccc(N(C)c2ccc3c(c2)CCC[C@H]3C)cc1. The maximum atomic E-state index is 2.39. The van der Waals surface area contributed by atoms with E-state index in [1.807, 2.05) is 0 Å². The maximum Gasteiger partial charge on any atom is 0.0411 e. The summed E-state index contributed by atoms with van der Waals surface area (Å²) in [6, 6.07) is 16.0. The van der Waals surface area contributed by atoms with Crippen LogP contribution in [0, 0.1) is 0 Å². The Morgan fingerprint density at radius 2 is 1.68 bits per heavy atom. The Bertz CT molecular complexity index is 639. The molecule has 0 unspecified atom stereocenters. The number of nitrogens with zero attached hydrogens (tertiary/aromatic N) is 1. The minimum atomic E-state index is 0.588. The molecule has 1 atom stereocenters. The number of hydrogen-bond donors (Lipinski definition) is 0. The van der Waals surface area contributed by atoms with Crippen LogP contribution in [0.3, 0.4) is 0 Å². The van der Waals surface area contributed by atoms with E-state index in [1.165, 1.54) is 36.2 Å². The highest BCUT2D eigenvalue weighted by Crippen LogP contribution is 2.35. The Morgan fingerprint density at radius 1 is 1.00 bits per heavy atom. The van der Waals surface area contributed by atoms with Gasteiger partial charge >= 0.3 is 0 Å². The van der Waals surface area contributed by atoms with Crippen molar-refractivity contribution < 1.29 is 0 Å². The van der Waals surface area contributed by atoms with Crippen molar-refractivity contribution in [1.29, 1.82) is 0 Å². The quantitative estimate of drug-likeness (QED) is 0.669. The summed E-state index contributed by atoms with van der Waals surface area (Å²) in [4.78, 5) is 2.30. The Hall–Kier alpha value is -1.76. The number of anilines is 2. The summed E-state index contributed by atoms with van der Waals surface area (Å²) in [6.07, 6.45) is 3.89. The third kappa shape index (κ3) is 2.90. The highest BCUT2D eigenvalue weighted by Gasteiger charge is 2.17. The van der Waals surface area contributed by atoms with E-state index in [2.05, 4.69) is 75.2 Å². The van der Waals surface area contributed by atoms with Crippen LogP contribution in [0.4, 0.5) is 11.4 Å². The topological polar surface area (TPSA) is 3.24 Å². The monoisotopic (exact) mass is 293 g/mol. The normalized spacial score (nSPS) is 17.4. The van der Waals surface area contributed by atoms with Crippen LogP contribution in [0.5, 0.6) is 0 Å². The first-order chi connectivity index (χ1) is 10.6. The third-order valence-corrected chi connectivity index (χ3v) is 5.08. The molecule has 0 saturated heterocycles. The van der Waals surface area contributed by atoms with Crippen LogP contribution in [0.25, 0.3) is 0 Å². The molecule has 0 saturated carbocycles. The molecule has 0 aromatic heterocycles. The van der Waals surface area contributed by atoms with Gasteiger partial charge in [0.2, 0.25) is 0 Å². The van der Waals surface area contributed by atoms with E-state index >= 15 is 0 Å². The molecular formula is C21H27N. The van der Waals surface area contributed by atoms with Gasteiger partial charge in [-0.05, 0) is 72.1 Å². The van der Waals surface area contributed by atoms with Gasteiger partial charge in [0, 0.05) is 18.4 Å². The highest BCUT2D eigenvalue weighted by molar-refractivity contribution is 5.64. The number of hydrogen-bond acceptors (Lipinski definition) is 1. The van der Waals surface area contributed by atoms with Gasteiger partial charge in [-0.3, -0.25) is 0 Å². The van der Waals surface area contributed by atoms with E-state index in [-0.39, 0.29) is 0 Å². The standard InChI is InChI=1S/C21H27N/c1-15(2)17-8-10-19(11-9-17)22(4)20-12-13-21-16(3)6-5-7-18(21)14-20/h8-16H,5-7H2,1-4H3/t16-/m1/s1. The second-order valence-electron chi connectivity index (χ2n) is 6.98. The fourth-order valence-electron chi connectivity index (χ4n) is 3.48. The van der Waals surface area contributed by atoms with Crippen molar-refractivity contribution in [3.8, 4) is 0 Å². The van der Waals surface area contributed by atoms with Crippen LogP contribution in [0.15, 0.2) is 42.5 Å². The molecule has 0 bridgehead atoms. The Kier molecular flexibility index (Phi) is 4.24. The number of rotatable bonds is 3. The molecule has 0 N–H and O–H groups in total. The average Bonchev–Trinajstić information content (AvgIpc) is 2.54. The molecule has 0 fully saturated rings. The van der Waals surface area contributed by atoms with Crippen molar-refractivity contribution >= 4 is 11.4 Å². The molecular weight excluding hydrogens is 266 g/mol. The minimum absolute atomic E-state index is 0.588. The van der Waals surface area contributed by atoms with Crippen LogP contribution >= 0.6 is 0 Å². The van der Waals surface area contributed by atoms with Gasteiger partial charge in [0.1, 0.15) is 0 Å². The van der Waals surface area contributed by atoms with E-state index in [9.17, 15) is 0 Å². The largest absolute Gasteiger partial charge is 0.345 e. The highest BCUT2D eigenvalue weighted by atomic mass is 15.1. The lowest BCUT2D eigenvalue weighted by molar-refractivity contribution is 0.590. The predicted molar refractivity (Wildman–Crippen MR) is 96.4 cm³/mol. The predicted octanol–water partition coefficient (Wildman–Crippen LogP) is 6.02. The van der Waals surface area contributed by atoms with E-state index in [1.54, 1.807) is 11.1 Å². The first-order valence-corrected chi connectivity index (χ1v) is 8.53. The lowest BCUT2D eigenvalue weighted by atomic mass is 9.84. The maximum absolute atomic E-state index is 2.39. The van der Waals surface area contributed by atoms with Gasteiger partial charge in [0.25, 0.3) is 0 Å². The lowest BCUT2D eigenvalue weighted by Gasteiger charge is -2.26. The molecule has 0 amide bonds. The van der Waals surface area contributed by atoms with Gasteiger partial charge in [-0.15, -0.1) is 0 Å².